The Labute approximate surface area is 108 Å². The average molecular weight is 247 g/mol. The molecule has 18 heavy (non-hydrogen) atoms. The zero-order chi connectivity index (χ0) is 13.3. The third-order valence-corrected chi connectivity index (χ3v) is 3.53. The third-order valence-electron chi connectivity index (χ3n) is 3.53. The molecule has 1 aromatic rings. The lowest BCUT2D eigenvalue weighted by Crippen LogP contribution is -2.38. The summed E-state index contributed by atoms with van der Waals surface area (Å²) in [5.74, 6) is 0.259. The van der Waals surface area contributed by atoms with Crippen LogP contribution in [0.15, 0.2) is 18.2 Å². The lowest BCUT2D eigenvalue weighted by atomic mass is 9.95. The van der Waals surface area contributed by atoms with Crippen LogP contribution in [0, 0.1) is 5.92 Å². The van der Waals surface area contributed by atoms with E-state index in [0.29, 0.717) is 6.54 Å². The second-order valence-electron chi connectivity index (χ2n) is 5.37. The maximum Gasteiger partial charge on any atom is 0.225 e. The van der Waals surface area contributed by atoms with Crippen LogP contribution < -0.4 is 0 Å². The minimum Gasteiger partial charge on any atom is -0.389 e. The molecule has 1 unspecified atom stereocenters. The summed E-state index contributed by atoms with van der Waals surface area (Å²) >= 11 is 0. The minimum absolute atomic E-state index is 0.0477. The van der Waals surface area contributed by atoms with Crippen LogP contribution in [0.2, 0.25) is 0 Å². The van der Waals surface area contributed by atoms with Gasteiger partial charge in [-0.1, -0.05) is 32.0 Å². The summed E-state index contributed by atoms with van der Waals surface area (Å²) in [6.07, 6.45) is 0.458. The van der Waals surface area contributed by atoms with Crippen molar-refractivity contribution in [1.82, 2.24) is 4.90 Å². The van der Waals surface area contributed by atoms with Gasteiger partial charge in [-0.3, -0.25) is 4.79 Å². The van der Waals surface area contributed by atoms with E-state index in [9.17, 15) is 9.90 Å². The molecule has 0 aromatic heterocycles. The quantitative estimate of drug-likeness (QED) is 0.871. The van der Waals surface area contributed by atoms with Gasteiger partial charge in [-0.25, -0.2) is 0 Å². The number of carbonyl (C=O) groups is 1. The minimum atomic E-state index is -0.452. The number of hydrogen-bond acceptors (Lipinski definition) is 2. The number of benzene rings is 1. The van der Waals surface area contributed by atoms with Crippen molar-refractivity contribution >= 4 is 5.91 Å². The van der Waals surface area contributed by atoms with E-state index in [0.717, 1.165) is 18.5 Å². The molecule has 1 aliphatic rings. The Morgan fingerprint density at radius 1 is 1.28 bits per heavy atom. The average Bonchev–Trinajstić information content (AvgIpc) is 2.36. The fraction of sp³-hybridized carbons (Fsp3) is 0.533. The van der Waals surface area contributed by atoms with Crippen LogP contribution in [0.3, 0.4) is 0 Å². The number of aliphatic hydroxyl groups excluding tert-OH is 1. The number of nitrogens with zero attached hydrogens (tertiary/aromatic N) is 1. The first kappa shape index (κ1) is 13.1. The highest BCUT2D eigenvalue weighted by atomic mass is 16.3. The van der Waals surface area contributed by atoms with Crippen molar-refractivity contribution in [2.75, 3.05) is 6.54 Å². The molecule has 1 heterocycles. The molecular formula is C15H21NO2. The van der Waals surface area contributed by atoms with Crippen molar-refractivity contribution < 1.29 is 9.90 Å². The predicted molar refractivity (Wildman–Crippen MR) is 71.0 cm³/mol. The molecule has 0 aliphatic carbocycles. The highest BCUT2D eigenvalue weighted by Gasteiger charge is 2.22. The standard InChI is InChI=1S/C15H21NO2/c1-10(2)15(18)16-7-6-12-4-5-13(11(3)17)8-14(12)9-16/h4-5,8,10-11,17H,6-7,9H2,1-3H3. The van der Waals surface area contributed by atoms with Gasteiger partial charge in [0.1, 0.15) is 0 Å². The Bertz CT molecular complexity index is 452. The molecule has 1 N–H and O–H groups in total. The molecule has 1 aromatic carbocycles. The molecule has 3 nitrogen and oxygen atoms in total. The van der Waals surface area contributed by atoms with Crippen LogP contribution in [0.5, 0.6) is 0 Å². The highest BCUT2D eigenvalue weighted by molar-refractivity contribution is 5.78. The second-order valence-corrected chi connectivity index (χ2v) is 5.37. The monoisotopic (exact) mass is 247 g/mol. The fourth-order valence-electron chi connectivity index (χ4n) is 2.39. The summed E-state index contributed by atoms with van der Waals surface area (Å²) < 4.78 is 0. The van der Waals surface area contributed by atoms with E-state index in [1.807, 2.05) is 30.9 Å². The smallest absolute Gasteiger partial charge is 0.225 e. The number of hydrogen-bond donors (Lipinski definition) is 1. The van der Waals surface area contributed by atoms with Crippen LogP contribution in [0.25, 0.3) is 0 Å². The van der Waals surface area contributed by atoms with Gasteiger partial charge in [0.2, 0.25) is 5.91 Å². The van der Waals surface area contributed by atoms with E-state index in [1.54, 1.807) is 6.92 Å². The Morgan fingerprint density at radius 3 is 2.61 bits per heavy atom. The first-order valence-corrected chi connectivity index (χ1v) is 6.57. The zero-order valence-corrected chi connectivity index (χ0v) is 11.3. The molecule has 3 heteroatoms. The van der Waals surface area contributed by atoms with Crippen LogP contribution in [-0.4, -0.2) is 22.5 Å². The SMILES string of the molecule is CC(C)C(=O)N1CCc2ccc(C(C)O)cc2C1. The van der Waals surface area contributed by atoms with Crippen molar-refractivity contribution in [3.05, 3.63) is 34.9 Å². The first-order valence-electron chi connectivity index (χ1n) is 6.57. The Kier molecular flexibility index (Phi) is 3.71. The van der Waals surface area contributed by atoms with Crippen molar-refractivity contribution in [2.45, 2.75) is 39.8 Å². The predicted octanol–water partition coefficient (Wildman–Crippen LogP) is 2.28. The van der Waals surface area contributed by atoms with Crippen molar-refractivity contribution in [3.8, 4) is 0 Å². The van der Waals surface area contributed by atoms with Gasteiger partial charge in [-0.05, 0) is 30.0 Å². The normalized spacial score (nSPS) is 16.6. The molecule has 2 rings (SSSR count). The Balaban J connectivity index is 2.22. The van der Waals surface area contributed by atoms with Gasteiger partial charge in [0.05, 0.1) is 6.10 Å². The molecule has 0 spiro atoms. The summed E-state index contributed by atoms with van der Waals surface area (Å²) in [6, 6.07) is 6.08. The van der Waals surface area contributed by atoms with Crippen LogP contribution in [0.4, 0.5) is 0 Å². The number of amides is 1. The van der Waals surface area contributed by atoms with E-state index in [2.05, 4.69) is 6.07 Å². The van der Waals surface area contributed by atoms with Gasteiger partial charge in [-0.15, -0.1) is 0 Å². The summed E-state index contributed by atoms with van der Waals surface area (Å²) in [4.78, 5) is 13.9. The summed E-state index contributed by atoms with van der Waals surface area (Å²) in [5.41, 5.74) is 3.40. The molecule has 1 aliphatic heterocycles. The number of aliphatic hydroxyl groups is 1. The summed E-state index contributed by atoms with van der Waals surface area (Å²) in [7, 11) is 0. The number of fused-ring (bicyclic) bond motifs is 1. The fourth-order valence-corrected chi connectivity index (χ4v) is 2.39. The van der Waals surface area contributed by atoms with Gasteiger partial charge < -0.3 is 10.0 Å². The zero-order valence-electron chi connectivity index (χ0n) is 11.3. The molecular weight excluding hydrogens is 226 g/mol. The van der Waals surface area contributed by atoms with E-state index in [4.69, 9.17) is 0 Å². The Morgan fingerprint density at radius 2 is 2.00 bits per heavy atom. The summed E-state index contributed by atoms with van der Waals surface area (Å²) in [5, 5.41) is 9.61. The lowest BCUT2D eigenvalue weighted by Gasteiger charge is -2.30. The molecule has 0 radical (unpaired) electrons. The van der Waals surface area contributed by atoms with E-state index >= 15 is 0 Å². The molecule has 0 saturated heterocycles. The van der Waals surface area contributed by atoms with Crippen LogP contribution in [0.1, 0.15) is 43.6 Å². The summed E-state index contributed by atoms with van der Waals surface area (Å²) in [6.45, 7) is 7.11. The van der Waals surface area contributed by atoms with Gasteiger partial charge in [-0.2, -0.15) is 0 Å². The molecule has 0 bridgehead atoms. The molecule has 98 valence electrons. The first-order chi connectivity index (χ1) is 8.49. The highest BCUT2D eigenvalue weighted by Crippen LogP contribution is 2.24. The van der Waals surface area contributed by atoms with Crippen LogP contribution in [-0.2, 0) is 17.8 Å². The topological polar surface area (TPSA) is 40.5 Å². The molecule has 1 atom stereocenters. The van der Waals surface area contributed by atoms with E-state index < -0.39 is 6.10 Å². The molecule has 0 fully saturated rings. The number of rotatable bonds is 2. The van der Waals surface area contributed by atoms with Crippen LogP contribution >= 0.6 is 0 Å². The van der Waals surface area contributed by atoms with Crippen molar-refractivity contribution in [1.29, 1.82) is 0 Å². The molecule has 0 saturated carbocycles. The van der Waals surface area contributed by atoms with Gasteiger partial charge in [0.15, 0.2) is 0 Å². The maximum atomic E-state index is 12.0. The van der Waals surface area contributed by atoms with E-state index in [-0.39, 0.29) is 11.8 Å². The maximum absolute atomic E-state index is 12.0. The lowest BCUT2D eigenvalue weighted by molar-refractivity contribution is -0.135. The number of carbonyl (C=O) groups excluding carboxylic acids is 1. The van der Waals surface area contributed by atoms with Crippen molar-refractivity contribution in [3.63, 3.8) is 0 Å². The van der Waals surface area contributed by atoms with Crippen molar-refractivity contribution in [2.24, 2.45) is 5.92 Å². The molecule has 1 amide bonds. The van der Waals surface area contributed by atoms with Gasteiger partial charge >= 0.3 is 0 Å². The van der Waals surface area contributed by atoms with E-state index in [1.165, 1.54) is 11.1 Å². The largest absolute Gasteiger partial charge is 0.389 e. The van der Waals surface area contributed by atoms with Gasteiger partial charge in [0.25, 0.3) is 0 Å². The Hall–Kier alpha value is -1.35. The van der Waals surface area contributed by atoms with Gasteiger partial charge in [0, 0.05) is 19.0 Å². The second kappa shape index (κ2) is 5.11. The third kappa shape index (κ3) is 2.56.